The number of carbonyl (C=O) groups is 3. The van der Waals surface area contributed by atoms with Gasteiger partial charge in [-0.1, -0.05) is 32.9 Å². The molecule has 1 aromatic rings. The first-order valence-corrected chi connectivity index (χ1v) is 12.8. The second-order valence-corrected chi connectivity index (χ2v) is 13.0. The van der Waals surface area contributed by atoms with Gasteiger partial charge in [-0.15, -0.1) is 0 Å². The number of carbonyl (C=O) groups excluding carboxylic acids is 3. The van der Waals surface area contributed by atoms with E-state index in [0.717, 1.165) is 0 Å². The second-order valence-electron chi connectivity index (χ2n) is 13.0. The number of hydrogen-bond donors (Lipinski definition) is 5. The summed E-state index contributed by atoms with van der Waals surface area (Å²) < 4.78 is 0. The Morgan fingerprint density at radius 1 is 1.05 bits per heavy atom. The number of aliphatic hydroxyl groups excluding tert-OH is 2. The molecule has 5 N–H and O–H groups in total. The minimum atomic E-state index is -2.61. The number of phenolic OH excluding ortho intramolecular Hbond substituents is 1. The van der Waals surface area contributed by atoms with Gasteiger partial charge in [0, 0.05) is 22.6 Å². The van der Waals surface area contributed by atoms with Crippen molar-refractivity contribution in [3.63, 3.8) is 0 Å². The molecule has 1 aromatic carbocycles. The fraction of sp³-hybridized carbons (Fsp3) is 0.552. The summed E-state index contributed by atoms with van der Waals surface area (Å²) in [4.78, 5) is 42.3. The molecule has 0 bridgehead atoms. The number of amides is 1. The fourth-order valence-corrected chi connectivity index (χ4v) is 6.21. The van der Waals surface area contributed by atoms with Crippen molar-refractivity contribution in [2.75, 3.05) is 14.1 Å². The molecular weight excluding hydrogens is 488 g/mol. The molecule has 0 heterocycles. The first-order chi connectivity index (χ1) is 17.3. The summed E-state index contributed by atoms with van der Waals surface area (Å²) in [6.07, 6.45) is 0.386. The molecule has 1 fully saturated rings. The third-order valence-electron chi connectivity index (χ3n) is 7.87. The normalized spacial score (nSPS) is 27.8. The van der Waals surface area contributed by atoms with Crippen LogP contribution in [0.25, 0.3) is 5.76 Å². The quantitative estimate of drug-likeness (QED) is 0.370. The third-order valence-corrected chi connectivity index (χ3v) is 7.87. The van der Waals surface area contributed by atoms with Crippen LogP contribution in [0.5, 0.6) is 5.75 Å². The van der Waals surface area contributed by atoms with E-state index in [-0.39, 0.29) is 23.3 Å². The number of nitrogens with one attached hydrogen (secondary N) is 1. The summed E-state index contributed by atoms with van der Waals surface area (Å²) in [5, 5.41) is 48.3. The van der Waals surface area contributed by atoms with E-state index in [1.54, 1.807) is 40.9 Å². The first-order valence-electron chi connectivity index (χ1n) is 12.8. The summed E-state index contributed by atoms with van der Waals surface area (Å²) in [6, 6.07) is 2.55. The Labute approximate surface area is 222 Å². The molecule has 0 aliphatic heterocycles. The molecule has 3 aliphatic rings. The number of aliphatic hydroxyl groups is 3. The maximum Gasteiger partial charge on any atom is 0.258 e. The van der Waals surface area contributed by atoms with E-state index in [2.05, 4.69) is 5.32 Å². The van der Waals surface area contributed by atoms with E-state index in [4.69, 9.17) is 0 Å². The van der Waals surface area contributed by atoms with Gasteiger partial charge < -0.3 is 25.7 Å². The maximum atomic E-state index is 14.1. The van der Waals surface area contributed by atoms with Gasteiger partial charge in [-0.2, -0.15) is 0 Å². The van der Waals surface area contributed by atoms with E-state index in [1.807, 2.05) is 26.8 Å². The van der Waals surface area contributed by atoms with Crippen molar-refractivity contribution >= 4 is 23.2 Å². The number of benzene rings is 1. The van der Waals surface area contributed by atoms with Crippen LogP contribution in [-0.2, 0) is 26.2 Å². The fourth-order valence-electron chi connectivity index (χ4n) is 6.21. The van der Waals surface area contributed by atoms with Gasteiger partial charge in [-0.25, -0.2) is 0 Å². The summed E-state index contributed by atoms with van der Waals surface area (Å²) in [7, 11) is 3.22. The summed E-state index contributed by atoms with van der Waals surface area (Å²) >= 11 is 0. The lowest BCUT2D eigenvalue weighted by Crippen LogP contribution is -2.66. The van der Waals surface area contributed by atoms with E-state index >= 15 is 0 Å². The predicted molar refractivity (Wildman–Crippen MR) is 142 cm³/mol. The summed E-state index contributed by atoms with van der Waals surface area (Å²) in [6.45, 7) is 10.8. The number of hydrogen-bond acceptors (Lipinski definition) is 8. The van der Waals surface area contributed by atoms with Gasteiger partial charge in [0.2, 0.25) is 5.78 Å². The Kier molecular flexibility index (Phi) is 6.36. The Bertz CT molecular complexity index is 1310. The van der Waals surface area contributed by atoms with Crippen LogP contribution in [0, 0.1) is 11.8 Å². The first kappa shape index (κ1) is 27.9. The second kappa shape index (κ2) is 8.68. The van der Waals surface area contributed by atoms with E-state index in [0.29, 0.717) is 17.5 Å². The van der Waals surface area contributed by atoms with Crippen molar-refractivity contribution in [1.29, 1.82) is 0 Å². The average Bonchev–Trinajstić information content (AvgIpc) is 2.74. The molecular formula is C29H38N2O7. The maximum absolute atomic E-state index is 14.1. The number of likely N-dealkylation sites (N-methyl/N-ethyl adjacent to an activating group) is 1. The molecule has 9 nitrogen and oxygen atoms in total. The van der Waals surface area contributed by atoms with Gasteiger partial charge in [-0.3, -0.25) is 19.3 Å². The van der Waals surface area contributed by atoms with E-state index in [9.17, 15) is 34.8 Å². The van der Waals surface area contributed by atoms with E-state index in [1.165, 1.54) is 4.90 Å². The van der Waals surface area contributed by atoms with Crippen LogP contribution >= 0.6 is 0 Å². The number of aromatic hydroxyl groups is 1. The zero-order chi connectivity index (χ0) is 28.7. The Balaban J connectivity index is 1.94. The number of rotatable bonds is 2. The van der Waals surface area contributed by atoms with Crippen molar-refractivity contribution < 1.29 is 34.8 Å². The van der Waals surface area contributed by atoms with Gasteiger partial charge in [-0.05, 0) is 64.6 Å². The smallest absolute Gasteiger partial charge is 0.258 e. The van der Waals surface area contributed by atoms with Gasteiger partial charge >= 0.3 is 0 Å². The van der Waals surface area contributed by atoms with Gasteiger partial charge in [0.05, 0.1) is 11.6 Å². The topological polar surface area (TPSA) is 147 Å². The lowest BCUT2D eigenvalue weighted by molar-refractivity contribution is -0.153. The molecule has 0 saturated heterocycles. The highest BCUT2D eigenvalue weighted by molar-refractivity contribution is 6.25. The molecule has 0 unspecified atom stereocenters. The standard InChI is InChI=1S/C29H38N2O7/c1-27(2,3)15-10-9-13-11-14-12-16-20(31(7)8)23(34)19(26(37)30-28(4,5)6)25(36)29(16,38)24(35)18(14)22(33)17(13)21(15)32/h9-10,14,16,20,32-33,36,38H,11-12H2,1-8H3,(H,30,37)/t14-,16-,20-,29-/m0/s1. The van der Waals surface area contributed by atoms with Crippen molar-refractivity contribution in [2.45, 2.75) is 77.0 Å². The van der Waals surface area contributed by atoms with Crippen molar-refractivity contribution in [2.24, 2.45) is 11.8 Å². The van der Waals surface area contributed by atoms with Crippen LogP contribution in [0.2, 0.25) is 0 Å². The minimum absolute atomic E-state index is 0.0929. The molecule has 0 spiro atoms. The molecule has 0 radical (unpaired) electrons. The van der Waals surface area contributed by atoms with Crippen LogP contribution in [0.15, 0.2) is 29.0 Å². The van der Waals surface area contributed by atoms with Crippen LogP contribution in [0.3, 0.4) is 0 Å². The minimum Gasteiger partial charge on any atom is -0.508 e. The van der Waals surface area contributed by atoms with E-state index < -0.39 is 69.0 Å². The molecule has 0 aromatic heterocycles. The van der Waals surface area contributed by atoms with Gasteiger partial charge in [0.15, 0.2) is 11.4 Å². The molecule has 1 saturated carbocycles. The summed E-state index contributed by atoms with van der Waals surface area (Å²) in [5.41, 5.74) is -3.23. The Morgan fingerprint density at radius 3 is 2.18 bits per heavy atom. The zero-order valence-electron chi connectivity index (χ0n) is 23.3. The number of Topliss-reactive ketones (excluding diaryl/α,β-unsaturated/α-hetero) is 2. The molecule has 4 atom stereocenters. The highest BCUT2D eigenvalue weighted by atomic mass is 16.3. The van der Waals surface area contributed by atoms with Crippen molar-refractivity contribution in [1.82, 2.24) is 10.2 Å². The molecule has 206 valence electrons. The number of phenols is 1. The van der Waals surface area contributed by atoms with Crippen LogP contribution in [-0.4, -0.2) is 74.1 Å². The predicted octanol–water partition coefficient (Wildman–Crippen LogP) is 2.69. The number of fused-ring (bicyclic) bond motifs is 3. The zero-order valence-corrected chi connectivity index (χ0v) is 23.3. The molecule has 4 rings (SSSR count). The molecule has 9 heteroatoms. The highest BCUT2D eigenvalue weighted by Crippen LogP contribution is 2.53. The van der Waals surface area contributed by atoms with Gasteiger partial charge in [0.25, 0.3) is 5.91 Å². The van der Waals surface area contributed by atoms with Crippen molar-refractivity contribution in [3.8, 4) is 5.75 Å². The van der Waals surface area contributed by atoms with Crippen molar-refractivity contribution in [3.05, 3.63) is 45.7 Å². The highest BCUT2D eigenvalue weighted by Gasteiger charge is 2.64. The van der Waals surface area contributed by atoms with Crippen LogP contribution in [0.4, 0.5) is 0 Å². The number of ketones is 2. The largest absolute Gasteiger partial charge is 0.508 e. The van der Waals surface area contributed by atoms with Gasteiger partial charge in [0.1, 0.15) is 22.8 Å². The lowest BCUT2D eigenvalue weighted by Gasteiger charge is -2.50. The summed E-state index contributed by atoms with van der Waals surface area (Å²) in [5.74, 6) is -5.78. The lowest BCUT2D eigenvalue weighted by atomic mass is 9.57. The number of nitrogens with zero attached hydrogens (tertiary/aromatic N) is 1. The average molecular weight is 527 g/mol. The Hall–Kier alpha value is -3.17. The van der Waals surface area contributed by atoms with Crippen LogP contribution in [0.1, 0.15) is 64.7 Å². The Morgan fingerprint density at radius 2 is 1.66 bits per heavy atom. The molecule has 38 heavy (non-hydrogen) atoms. The van der Waals surface area contributed by atoms with Crippen LogP contribution < -0.4 is 5.32 Å². The monoisotopic (exact) mass is 526 g/mol. The third kappa shape index (κ3) is 4.03. The molecule has 3 aliphatic carbocycles. The molecule has 1 amide bonds. The SMILES string of the molecule is CN(C)[C@@H]1C(=O)C(C(=O)NC(C)(C)C)=C(O)[C@@]2(O)C(=O)C3=C(O)c4c(ccc(C(C)(C)C)c4O)C[C@H]3C[C@@H]12.